The van der Waals surface area contributed by atoms with Crippen LogP contribution in [0.5, 0.6) is 0 Å². The van der Waals surface area contributed by atoms with Gasteiger partial charge in [0.15, 0.2) is 5.76 Å². The molecule has 0 amide bonds. The molecule has 0 fully saturated rings. The molecule has 24 heavy (non-hydrogen) atoms. The van der Waals surface area contributed by atoms with E-state index in [0.29, 0.717) is 16.9 Å². The molecule has 2 aromatic carbocycles. The number of hydrogen-bond donors (Lipinski definition) is 1. The molecule has 0 aliphatic carbocycles. The summed E-state index contributed by atoms with van der Waals surface area (Å²) < 4.78 is 43.2. The lowest BCUT2D eigenvalue weighted by Gasteiger charge is -2.06. The SMILES string of the molecule is O=C(O)c1cccc(-c2ncc(-c3ccc(C(F)(F)F)cc3)o2)c1. The zero-order valence-corrected chi connectivity index (χ0v) is 12.0. The Morgan fingerprint density at radius 1 is 1.04 bits per heavy atom. The third-order valence-electron chi connectivity index (χ3n) is 3.36. The number of nitrogens with zero attached hydrogens (tertiary/aromatic N) is 1. The van der Waals surface area contributed by atoms with E-state index in [1.54, 1.807) is 12.1 Å². The Balaban J connectivity index is 1.91. The van der Waals surface area contributed by atoms with Gasteiger partial charge in [-0.3, -0.25) is 0 Å². The molecule has 0 atom stereocenters. The van der Waals surface area contributed by atoms with Gasteiger partial charge in [0.25, 0.3) is 0 Å². The number of aromatic carboxylic acids is 1. The van der Waals surface area contributed by atoms with E-state index in [1.165, 1.54) is 30.5 Å². The average Bonchev–Trinajstić information content (AvgIpc) is 3.04. The summed E-state index contributed by atoms with van der Waals surface area (Å²) in [6.07, 6.45) is -3.02. The van der Waals surface area contributed by atoms with Crippen molar-refractivity contribution in [1.82, 2.24) is 4.98 Å². The van der Waals surface area contributed by atoms with Crippen LogP contribution in [0.25, 0.3) is 22.8 Å². The number of halogens is 3. The Kier molecular flexibility index (Phi) is 3.84. The topological polar surface area (TPSA) is 63.3 Å². The first-order valence-electron chi connectivity index (χ1n) is 6.82. The summed E-state index contributed by atoms with van der Waals surface area (Å²) in [4.78, 5) is 15.0. The zero-order chi connectivity index (χ0) is 17.3. The van der Waals surface area contributed by atoms with Gasteiger partial charge in [0.05, 0.1) is 17.3 Å². The van der Waals surface area contributed by atoms with Crippen molar-refractivity contribution in [2.45, 2.75) is 6.18 Å². The van der Waals surface area contributed by atoms with Gasteiger partial charge in [-0.2, -0.15) is 13.2 Å². The van der Waals surface area contributed by atoms with E-state index in [1.807, 2.05) is 0 Å². The van der Waals surface area contributed by atoms with E-state index in [-0.39, 0.29) is 11.5 Å². The standard InChI is InChI=1S/C17H10F3NO3/c18-17(19,20)13-6-4-10(5-7-13)14-9-21-15(24-14)11-2-1-3-12(8-11)16(22)23/h1-9H,(H,22,23). The molecule has 0 spiro atoms. The molecule has 3 aromatic rings. The Hall–Kier alpha value is -3.09. The molecule has 7 heteroatoms. The van der Waals surface area contributed by atoms with Crippen LogP contribution in [0, 0.1) is 0 Å². The Labute approximate surface area is 134 Å². The molecule has 4 nitrogen and oxygen atoms in total. The fourth-order valence-electron chi connectivity index (χ4n) is 2.15. The Morgan fingerprint density at radius 2 is 1.75 bits per heavy atom. The second-order valence-corrected chi connectivity index (χ2v) is 4.99. The van der Waals surface area contributed by atoms with Crippen molar-refractivity contribution in [2.75, 3.05) is 0 Å². The van der Waals surface area contributed by atoms with Crippen molar-refractivity contribution in [3.05, 3.63) is 65.9 Å². The normalized spacial score (nSPS) is 11.5. The molecule has 0 radical (unpaired) electrons. The van der Waals surface area contributed by atoms with Crippen LogP contribution in [0.15, 0.2) is 59.1 Å². The summed E-state index contributed by atoms with van der Waals surface area (Å²) in [5.74, 6) is -0.598. The molecule has 0 aliphatic rings. The highest BCUT2D eigenvalue weighted by Gasteiger charge is 2.30. The minimum Gasteiger partial charge on any atom is -0.478 e. The lowest BCUT2D eigenvalue weighted by Crippen LogP contribution is -2.03. The van der Waals surface area contributed by atoms with Gasteiger partial charge < -0.3 is 9.52 Å². The summed E-state index contributed by atoms with van der Waals surface area (Å²) in [5.41, 5.74) is 0.242. The molecule has 1 N–H and O–H groups in total. The number of hydrogen-bond acceptors (Lipinski definition) is 3. The minimum absolute atomic E-state index is 0.0850. The Morgan fingerprint density at radius 3 is 2.38 bits per heavy atom. The fourth-order valence-corrected chi connectivity index (χ4v) is 2.15. The highest BCUT2D eigenvalue weighted by Crippen LogP contribution is 2.32. The molecule has 0 unspecified atom stereocenters. The minimum atomic E-state index is -4.40. The maximum absolute atomic E-state index is 12.6. The van der Waals surface area contributed by atoms with Crippen LogP contribution in [0.1, 0.15) is 15.9 Å². The van der Waals surface area contributed by atoms with Crippen molar-refractivity contribution < 1.29 is 27.5 Å². The highest BCUT2D eigenvalue weighted by atomic mass is 19.4. The van der Waals surface area contributed by atoms with Crippen LogP contribution >= 0.6 is 0 Å². The number of carbonyl (C=O) groups is 1. The fraction of sp³-hybridized carbons (Fsp3) is 0.0588. The van der Waals surface area contributed by atoms with Crippen LogP contribution in [-0.4, -0.2) is 16.1 Å². The monoisotopic (exact) mass is 333 g/mol. The van der Waals surface area contributed by atoms with Gasteiger partial charge in [0.2, 0.25) is 5.89 Å². The van der Waals surface area contributed by atoms with Crippen molar-refractivity contribution in [3.8, 4) is 22.8 Å². The first-order valence-corrected chi connectivity index (χ1v) is 6.82. The summed E-state index contributed by atoms with van der Waals surface area (Å²) in [6.45, 7) is 0. The van der Waals surface area contributed by atoms with Crippen LogP contribution in [-0.2, 0) is 6.18 Å². The summed E-state index contributed by atoms with van der Waals surface area (Å²) >= 11 is 0. The lowest BCUT2D eigenvalue weighted by molar-refractivity contribution is -0.137. The molecule has 1 heterocycles. The number of aromatic nitrogens is 1. The number of carboxylic acids is 1. The number of carboxylic acid groups (broad SMARTS) is 1. The number of oxazole rings is 1. The van der Waals surface area contributed by atoms with E-state index < -0.39 is 17.7 Å². The van der Waals surface area contributed by atoms with E-state index >= 15 is 0 Å². The maximum Gasteiger partial charge on any atom is 0.416 e. The van der Waals surface area contributed by atoms with Crippen LogP contribution in [0.3, 0.4) is 0 Å². The van der Waals surface area contributed by atoms with Crippen molar-refractivity contribution >= 4 is 5.97 Å². The smallest absolute Gasteiger partial charge is 0.416 e. The molecule has 0 saturated carbocycles. The Bertz CT molecular complexity index is 883. The van der Waals surface area contributed by atoms with Crippen molar-refractivity contribution in [3.63, 3.8) is 0 Å². The van der Waals surface area contributed by atoms with E-state index in [9.17, 15) is 18.0 Å². The quantitative estimate of drug-likeness (QED) is 0.753. The van der Waals surface area contributed by atoms with Crippen LogP contribution < -0.4 is 0 Å². The van der Waals surface area contributed by atoms with Gasteiger partial charge in [0, 0.05) is 11.1 Å². The predicted octanol–water partition coefficient (Wildman–Crippen LogP) is 4.73. The number of rotatable bonds is 3. The average molecular weight is 333 g/mol. The maximum atomic E-state index is 12.6. The third-order valence-corrected chi connectivity index (χ3v) is 3.36. The van der Waals surface area contributed by atoms with Gasteiger partial charge in [-0.1, -0.05) is 18.2 Å². The highest BCUT2D eigenvalue weighted by molar-refractivity contribution is 5.89. The van der Waals surface area contributed by atoms with Crippen LogP contribution in [0.4, 0.5) is 13.2 Å². The van der Waals surface area contributed by atoms with Crippen molar-refractivity contribution in [1.29, 1.82) is 0 Å². The number of alkyl halides is 3. The predicted molar refractivity (Wildman–Crippen MR) is 79.3 cm³/mol. The van der Waals surface area contributed by atoms with Gasteiger partial charge in [-0.15, -0.1) is 0 Å². The summed E-state index contributed by atoms with van der Waals surface area (Å²) in [6, 6.07) is 10.5. The van der Waals surface area contributed by atoms with E-state index in [2.05, 4.69) is 4.98 Å². The van der Waals surface area contributed by atoms with Gasteiger partial charge in [-0.05, 0) is 30.3 Å². The molecular weight excluding hydrogens is 323 g/mol. The van der Waals surface area contributed by atoms with E-state index in [4.69, 9.17) is 9.52 Å². The van der Waals surface area contributed by atoms with Crippen molar-refractivity contribution in [2.24, 2.45) is 0 Å². The lowest BCUT2D eigenvalue weighted by atomic mass is 10.1. The number of benzene rings is 2. The second kappa shape index (κ2) is 5.84. The van der Waals surface area contributed by atoms with Crippen LogP contribution in [0.2, 0.25) is 0 Å². The van der Waals surface area contributed by atoms with Gasteiger partial charge >= 0.3 is 12.1 Å². The van der Waals surface area contributed by atoms with Gasteiger partial charge in [-0.25, -0.2) is 9.78 Å². The second-order valence-electron chi connectivity index (χ2n) is 4.99. The summed E-state index contributed by atoms with van der Waals surface area (Å²) in [5, 5.41) is 8.99. The molecule has 122 valence electrons. The van der Waals surface area contributed by atoms with E-state index in [0.717, 1.165) is 12.1 Å². The molecule has 0 saturated heterocycles. The molecule has 0 aliphatic heterocycles. The molecular formula is C17H10F3NO3. The third kappa shape index (κ3) is 3.15. The molecule has 0 bridgehead atoms. The van der Waals surface area contributed by atoms with Gasteiger partial charge in [0.1, 0.15) is 0 Å². The summed E-state index contributed by atoms with van der Waals surface area (Å²) in [7, 11) is 0. The first kappa shape index (κ1) is 15.8. The molecule has 3 rings (SSSR count). The first-order chi connectivity index (χ1) is 11.3. The largest absolute Gasteiger partial charge is 0.478 e. The zero-order valence-electron chi connectivity index (χ0n) is 12.0. The molecule has 1 aromatic heterocycles.